The van der Waals surface area contributed by atoms with Crippen LogP contribution in [0, 0.1) is 17.2 Å². The van der Waals surface area contributed by atoms with Gasteiger partial charge in [0, 0.05) is 13.1 Å². The van der Waals surface area contributed by atoms with E-state index in [2.05, 4.69) is 0 Å². The number of allylic oxidation sites excluding steroid dienone is 1. The first-order valence-corrected chi connectivity index (χ1v) is 4.09. The van der Waals surface area contributed by atoms with E-state index in [0.717, 1.165) is 0 Å². The average molecular weight is 176 g/mol. The molecule has 0 aliphatic heterocycles. The summed E-state index contributed by atoms with van der Waals surface area (Å²) in [4.78, 5) is 12.3. The topological polar surface area (TPSA) is 44.1 Å². The van der Waals surface area contributed by atoms with Crippen LogP contribution < -0.4 is 0 Å². The van der Waals surface area contributed by atoms with Gasteiger partial charge in [-0.1, -0.05) is 19.9 Å². The fourth-order valence-electron chi connectivity index (χ4n) is 1.09. The van der Waals surface area contributed by atoms with Crippen LogP contribution in [0.2, 0.25) is 0 Å². The number of carbonyl (C=O) groups excluding carboxylic acids is 1. The van der Waals surface area contributed by atoms with Crippen molar-refractivity contribution in [2.24, 2.45) is 5.92 Å². The molecule has 68 valence electrons. The highest BCUT2D eigenvalue weighted by Gasteiger charge is 2.16. The van der Waals surface area contributed by atoms with E-state index in [4.69, 9.17) is 13.1 Å². The Bertz CT molecular complexity index is 242. The van der Waals surface area contributed by atoms with Gasteiger partial charge in [-0.3, -0.25) is 4.79 Å². The Hall–Kier alpha value is -1.24. The van der Waals surface area contributed by atoms with E-state index >= 15 is 0 Å². The summed E-state index contributed by atoms with van der Waals surface area (Å²) >= 11 is 0. The van der Waals surface area contributed by atoms with E-state index in [1.54, 1.807) is 13.1 Å². The lowest BCUT2D eigenvalue weighted by molar-refractivity contribution is 0.211. The van der Waals surface area contributed by atoms with Gasteiger partial charge in [-0.2, -0.15) is 5.26 Å². The monoisotopic (exact) mass is 176 g/mol. The van der Waals surface area contributed by atoms with Crippen LogP contribution in [0.15, 0.2) is 12.2 Å². The lowest BCUT2D eigenvalue weighted by Gasteiger charge is -2.28. The van der Waals surface area contributed by atoms with Gasteiger partial charge >= 0.3 is 0 Å². The molecule has 0 saturated heterocycles. The van der Waals surface area contributed by atoms with Crippen molar-refractivity contribution in [3.8, 4) is 6.07 Å². The smallest absolute Gasteiger partial charge is 0.200 e. The maximum atomic E-state index is 10.8. The SMILES string of the molecule is [B]C(=O)N(C)[C@H](C=CC#N)C(C)C. The molecule has 2 radical (unpaired) electrons. The van der Waals surface area contributed by atoms with E-state index in [1.807, 2.05) is 19.9 Å². The van der Waals surface area contributed by atoms with Gasteiger partial charge in [0.1, 0.15) is 0 Å². The standard InChI is InChI=1S/C9H13BN2O/c1-7(2)8(5-4-6-11)12(3)9(10)13/h4-5,7-8H,1-3H3/t8-/m1/s1. The third-order valence-electron chi connectivity index (χ3n) is 1.85. The summed E-state index contributed by atoms with van der Waals surface area (Å²) in [5, 5.41) is 8.35. The fourth-order valence-corrected chi connectivity index (χ4v) is 1.09. The van der Waals surface area contributed by atoms with Crippen molar-refractivity contribution in [2.45, 2.75) is 19.9 Å². The van der Waals surface area contributed by atoms with Crippen LogP contribution in [0.5, 0.6) is 0 Å². The number of nitriles is 1. The minimum absolute atomic E-state index is 0.114. The van der Waals surface area contributed by atoms with Gasteiger partial charge in [-0.15, -0.1) is 0 Å². The number of hydrogen-bond donors (Lipinski definition) is 0. The molecule has 0 aliphatic rings. The van der Waals surface area contributed by atoms with Crippen molar-refractivity contribution < 1.29 is 4.79 Å². The van der Waals surface area contributed by atoms with E-state index in [9.17, 15) is 4.79 Å². The van der Waals surface area contributed by atoms with Crippen molar-refractivity contribution in [2.75, 3.05) is 7.05 Å². The van der Waals surface area contributed by atoms with E-state index < -0.39 is 5.81 Å². The van der Waals surface area contributed by atoms with Gasteiger partial charge in [0.05, 0.1) is 12.1 Å². The van der Waals surface area contributed by atoms with Crippen molar-refractivity contribution in [1.29, 1.82) is 5.26 Å². The second kappa shape index (κ2) is 5.42. The number of hydrogen-bond acceptors (Lipinski definition) is 2. The van der Waals surface area contributed by atoms with Gasteiger partial charge in [0.25, 0.3) is 0 Å². The Labute approximate surface area is 80.4 Å². The van der Waals surface area contributed by atoms with Crippen LogP contribution >= 0.6 is 0 Å². The molecule has 0 saturated carbocycles. The normalized spacial score (nSPS) is 12.8. The Balaban J connectivity index is 4.53. The third-order valence-corrected chi connectivity index (χ3v) is 1.85. The second-order valence-electron chi connectivity index (χ2n) is 3.17. The van der Waals surface area contributed by atoms with Crippen LogP contribution in [-0.4, -0.2) is 31.6 Å². The number of nitrogens with zero attached hydrogens (tertiary/aromatic N) is 2. The van der Waals surface area contributed by atoms with Gasteiger partial charge in [0.15, 0.2) is 5.81 Å². The molecule has 0 rings (SSSR count). The number of amides is 1. The van der Waals surface area contributed by atoms with Crippen LogP contribution in [0.4, 0.5) is 4.79 Å². The molecule has 0 N–H and O–H groups in total. The molecular formula is C9H13BN2O. The van der Waals surface area contributed by atoms with Gasteiger partial charge < -0.3 is 4.90 Å². The van der Waals surface area contributed by atoms with Gasteiger partial charge in [-0.05, 0) is 5.92 Å². The molecule has 0 aromatic carbocycles. The van der Waals surface area contributed by atoms with Gasteiger partial charge in [-0.25, -0.2) is 0 Å². The van der Waals surface area contributed by atoms with E-state index in [-0.39, 0.29) is 12.0 Å². The van der Waals surface area contributed by atoms with Crippen molar-refractivity contribution in [3.05, 3.63) is 12.2 Å². The number of carbonyl (C=O) groups is 1. The first-order valence-electron chi connectivity index (χ1n) is 4.09. The number of likely N-dealkylation sites (N-methyl/N-ethyl adjacent to an activating group) is 1. The maximum absolute atomic E-state index is 10.8. The predicted molar refractivity (Wildman–Crippen MR) is 52.3 cm³/mol. The van der Waals surface area contributed by atoms with Crippen LogP contribution in [0.25, 0.3) is 0 Å². The minimum atomic E-state index is -0.485. The van der Waals surface area contributed by atoms with E-state index in [1.165, 1.54) is 11.0 Å². The lowest BCUT2D eigenvalue weighted by Crippen LogP contribution is -2.38. The predicted octanol–water partition coefficient (Wildman–Crippen LogP) is 1.31. The zero-order valence-electron chi connectivity index (χ0n) is 8.19. The summed E-state index contributed by atoms with van der Waals surface area (Å²) in [6.45, 7) is 3.93. The molecule has 0 spiro atoms. The van der Waals surface area contributed by atoms with E-state index in [0.29, 0.717) is 0 Å². The molecular weight excluding hydrogens is 163 g/mol. The molecule has 1 amide bonds. The summed E-state index contributed by atoms with van der Waals surface area (Å²) in [7, 11) is 6.74. The molecule has 0 fully saturated rings. The Morgan fingerprint density at radius 1 is 1.62 bits per heavy atom. The molecule has 4 heteroatoms. The highest BCUT2D eigenvalue weighted by Crippen LogP contribution is 2.10. The van der Waals surface area contributed by atoms with Crippen molar-refractivity contribution in [1.82, 2.24) is 4.90 Å². The summed E-state index contributed by atoms with van der Waals surface area (Å²) in [6.07, 6.45) is 3.04. The summed E-state index contributed by atoms with van der Waals surface area (Å²) in [5.41, 5.74) is 0. The second-order valence-corrected chi connectivity index (χ2v) is 3.17. The van der Waals surface area contributed by atoms with Gasteiger partial charge in [0.2, 0.25) is 7.85 Å². The molecule has 3 nitrogen and oxygen atoms in total. The molecule has 0 bridgehead atoms. The quantitative estimate of drug-likeness (QED) is 0.480. The van der Waals surface area contributed by atoms with Crippen LogP contribution in [0.1, 0.15) is 13.8 Å². The first-order chi connectivity index (χ1) is 6.00. The summed E-state index contributed by atoms with van der Waals surface area (Å²) in [5.74, 6) is -0.247. The zero-order chi connectivity index (χ0) is 10.4. The summed E-state index contributed by atoms with van der Waals surface area (Å²) < 4.78 is 0. The minimum Gasteiger partial charge on any atom is -0.349 e. The average Bonchev–Trinajstić information content (AvgIpc) is 2.04. The zero-order valence-corrected chi connectivity index (χ0v) is 8.19. The Kier molecular flexibility index (Phi) is 4.90. The molecule has 0 aromatic heterocycles. The highest BCUT2D eigenvalue weighted by molar-refractivity contribution is 6.56. The largest absolute Gasteiger partial charge is 0.349 e. The molecule has 0 heterocycles. The lowest BCUT2D eigenvalue weighted by atomic mass is 9.99. The molecule has 0 aliphatic carbocycles. The highest BCUT2D eigenvalue weighted by atomic mass is 16.1. The van der Waals surface area contributed by atoms with Crippen LogP contribution in [0.3, 0.4) is 0 Å². The Morgan fingerprint density at radius 3 is 2.46 bits per heavy atom. The number of rotatable bonds is 3. The van der Waals surface area contributed by atoms with Crippen LogP contribution in [-0.2, 0) is 0 Å². The first kappa shape index (κ1) is 11.8. The third kappa shape index (κ3) is 3.79. The fraction of sp³-hybridized carbons (Fsp3) is 0.556. The van der Waals surface area contributed by atoms with Crippen molar-refractivity contribution >= 4 is 13.7 Å². The maximum Gasteiger partial charge on any atom is 0.200 e. The molecule has 0 aromatic rings. The Morgan fingerprint density at radius 2 is 2.15 bits per heavy atom. The molecule has 0 unspecified atom stereocenters. The molecule has 1 atom stereocenters. The molecule has 13 heavy (non-hydrogen) atoms. The van der Waals surface area contributed by atoms with Crippen molar-refractivity contribution in [3.63, 3.8) is 0 Å². The summed E-state index contributed by atoms with van der Waals surface area (Å²) in [6, 6.07) is 1.77.